The van der Waals surface area contributed by atoms with Crippen molar-refractivity contribution in [1.82, 2.24) is 5.32 Å². The molecule has 41 heavy (non-hydrogen) atoms. The normalized spacial score (nSPS) is 52.9. The van der Waals surface area contributed by atoms with Gasteiger partial charge in [-0.3, -0.25) is 4.79 Å². The summed E-state index contributed by atoms with van der Waals surface area (Å²) in [7, 11) is 0. The van der Waals surface area contributed by atoms with E-state index in [1.54, 1.807) is 0 Å². The van der Waals surface area contributed by atoms with Gasteiger partial charge in [0.15, 0.2) is 0 Å². The van der Waals surface area contributed by atoms with E-state index in [1.165, 1.54) is 6.42 Å². The third-order valence-corrected chi connectivity index (χ3v) is 14.8. The number of ether oxygens (including phenoxy) is 2. The molecule has 234 valence electrons. The molecule has 4 aliphatic carbocycles. The summed E-state index contributed by atoms with van der Waals surface area (Å²) >= 11 is 0. The third-order valence-electron chi connectivity index (χ3n) is 14.8. The fourth-order valence-corrected chi connectivity index (χ4v) is 12.4. The molecular weight excluding hydrogens is 514 g/mol. The standard InChI is InChI=1S/C35H59NO5/c1-30(2)24-12-17-33(6)25(32(24,5)15-13-26(30)40-29(38)22-10-9-19-36-22)20-23(37)28-21(11-16-34(28,33)7)35(8)18-14-27(41-35)31(3,4)39/h21-28,36-37,39H,9-20H2,1-8H3/t21-,22-,23+,24-,25+,26-,27-,28-,32-,33+,34+,35-/m0/s1. The van der Waals surface area contributed by atoms with E-state index in [0.29, 0.717) is 17.8 Å². The van der Waals surface area contributed by atoms with Crippen LogP contribution in [0.2, 0.25) is 0 Å². The smallest absolute Gasteiger partial charge is 0.323 e. The Bertz CT molecular complexity index is 1030. The molecule has 0 amide bonds. The first-order valence-corrected chi connectivity index (χ1v) is 17.0. The van der Waals surface area contributed by atoms with Gasteiger partial charge in [-0.15, -0.1) is 0 Å². The molecule has 12 atom stereocenters. The van der Waals surface area contributed by atoms with Crippen LogP contribution in [0.1, 0.15) is 126 Å². The molecule has 2 heterocycles. The average molecular weight is 574 g/mol. The highest BCUT2D eigenvalue weighted by atomic mass is 16.5. The highest BCUT2D eigenvalue weighted by Crippen LogP contribution is 2.76. The summed E-state index contributed by atoms with van der Waals surface area (Å²) in [6, 6.07) is -0.140. The fourth-order valence-electron chi connectivity index (χ4n) is 12.4. The van der Waals surface area contributed by atoms with Crippen molar-refractivity contribution in [1.29, 1.82) is 0 Å². The van der Waals surface area contributed by atoms with Crippen molar-refractivity contribution in [3.05, 3.63) is 0 Å². The zero-order chi connectivity index (χ0) is 29.8. The highest BCUT2D eigenvalue weighted by Gasteiger charge is 2.72. The number of aliphatic hydroxyl groups excluding tert-OH is 1. The van der Waals surface area contributed by atoms with Gasteiger partial charge in [0.1, 0.15) is 12.1 Å². The van der Waals surface area contributed by atoms with Crippen LogP contribution in [0.25, 0.3) is 0 Å². The van der Waals surface area contributed by atoms with Crippen LogP contribution in [0, 0.1) is 45.3 Å². The number of carbonyl (C=O) groups excluding carboxylic acids is 1. The van der Waals surface area contributed by atoms with Crippen molar-refractivity contribution in [3.63, 3.8) is 0 Å². The van der Waals surface area contributed by atoms with Crippen molar-refractivity contribution >= 4 is 5.97 Å². The van der Waals surface area contributed by atoms with Gasteiger partial charge >= 0.3 is 5.97 Å². The van der Waals surface area contributed by atoms with Crippen molar-refractivity contribution in [2.75, 3.05) is 6.54 Å². The molecule has 3 N–H and O–H groups in total. The number of aliphatic hydroxyl groups is 2. The van der Waals surface area contributed by atoms with E-state index in [1.807, 2.05) is 13.8 Å². The first-order chi connectivity index (χ1) is 19.0. The Labute approximate surface area is 249 Å². The van der Waals surface area contributed by atoms with Gasteiger partial charge in [-0.2, -0.15) is 0 Å². The SMILES string of the molecule is CC(C)(O)[C@@H]1CC[C@@](C)([C@H]2CC[C@]3(C)[C@@H]2[C@H](O)C[C@@H]2[C@@]4(C)CC[C@H](OC(=O)[C@@H]5CCCN5)C(C)(C)[C@@H]4CC[C@]23C)O1. The molecule has 6 heteroatoms. The Kier molecular flexibility index (Phi) is 7.14. The highest BCUT2D eigenvalue weighted by molar-refractivity contribution is 5.76. The van der Waals surface area contributed by atoms with Crippen molar-refractivity contribution in [2.45, 2.75) is 162 Å². The van der Waals surface area contributed by atoms with Crippen LogP contribution in [0.3, 0.4) is 0 Å². The predicted octanol–water partition coefficient (Wildman–Crippen LogP) is 6.01. The largest absolute Gasteiger partial charge is 0.461 e. The maximum atomic E-state index is 13.0. The molecule has 0 spiro atoms. The summed E-state index contributed by atoms with van der Waals surface area (Å²) < 4.78 is 13.0. The molecule has 6 fully saturated rings. The first kappa shape index (κ1) is 30.3. The number of esters is 1. The maximum absolute atomic E-state index is 13.0. The van der Waals surface area contributed by atoms with Crippen LogP contribution in [-0.2, 0) is 14.3 Å². The second kappa shape index (κ2) is 9.65. The topological polar surface area (TPSA) is 88.0 Å². The Balaban J connectivity index is 1.25. The zero-order valence-corrected chi connectivity index (χ0v) is 27.2. The van der Waals surface area contributed by atoms with Gasteiger partial charge in [-0.1, -0.05) is 34.6 Å². The van der Waals surface area contributed by atoms with Gasteiger partial charge in [0.25, 0.3) is 0 Å². The second-order valence-corrected chi connectivity index (χ2v) is 17.5. The fraction of sp³-hybridized carbons (Fsp3) is 0.971. The van der Waals surface area contributed by atoms with Crippen molar-refractivity contribution < 1.29 is 24.5 Å². The molecule has 0 aromatic rings. The molecule has 2 aliphatic heterocycles. The van der Waals surface area contributed by atoms with E-state index in [2.05, 4.69) is 46.9 Å². The van der Waals surface area contributed by atoms with Crippen molar-refractivity contribution in [3.8, 4) is 0 Å². The van der Waals surface area contributed by atoms with E-state index < -0.39 is 5.60 Å². The Morgan fingerprint density at radius 3 is 2.24 bits per heavy atom. The molecule has 4 saturated carbocycles. The van der Waals surface area contributed by atoms with E-state index >= 15 is 0 Å². The summed E-state index contributed by atoms with van der Waals surface area (Å²) in [6.07, 6.45) is 10.6. The van der Waals surface area contributed by atoms with Gasteiger partial charge in [-0.05, 0) is 138 Å². The summed E-state index contributed by atoms with van der Waals surface area (Å²) in [5.41, 5.74) is -0.929. The minimum absolute atomic E-state index is 0.0456. The monoisotopic (exact) mass is 573 g/mol. The molecule has 2 saturated heterocycles. The summed E-state index contributed by atoms with van der Waals surface area (Å²) in [5, 5.41) is 26.2. The predicted molar refractivity (Wildman–Crippen MR) is 160 cm³/mol. The van der Waals surface area contributed by atoms with Crippen LogP contribution in [0.4, 0.5) is 0 Å². The number of rotatable bonds is 4. The molecule has 6 rings (SSSR count). The number of carbonyl (C=O) groups is 1. The Morgan fingerprint density at radius 1 is 0.902 bits per heavy atom. The summed E-state index contributed by atoms with van der Waals surface area (Å²) in [4.78, 5) is 13.0. The zero-order valence-electron chi connectivity index (χ0n) is 27.2. The van der Waals surface area contributed by atoms with Crippen LogP contribution < -0.4 is 5.32 Å². The van der Waals surface area contributed by atoms with Gasteiger partial charge in [0.2, 0.25) is 0 Å². The lowest BCUT2D eigenvalue weighted by molar-refractivity contribution is -0.251. The van der Waals surface area contributed by atoms with Gasteiger partial charge in [-0.25, -0.2) is 0 Å². The average Bonchev–Trinajstić information content (AvgIpc) is 3.62. The number of hydrogen-bond donors (Lipinski definition) is 3. The second-order valence-electron chi connectivity index (χ2n) is 17.5. The molecule has 6 aliphatic rings. The Hall–Kier alpha value is -0.690. The van der Waals surface area contributed by atoms with Crippen LogP contribution >= 0.6 is 0 Å². The maximum Gasteiger partial charge on any atom is 0.323 e. The molecule has 0 aromatic heterocycles. The molecular formula is C35H59NO5. The molecule has 0 radical (unpaired) electrons. The van der Waals surface area contributed by atoms with Gasteiger partial charge in [0, 0.05) is 5.41 Å². The van der Waals surface area contributed by atoms with Crippen molar-refractivity contribution in [2.24, 2.45) is 45.3 Å². The van der Waals surface area contributed by atoms with Crippen LogP contribution in [0.5, 0.6) is 0 Å². The number of hydrogen-bond acceptors (Lipinski definition) is 6. The minimum Gasteiger partial charge on any atom is -0.461 e. The van der Waals surface area contributed by atoms with E-state index in [0.717, 1.165) is 70.8 Å². The molecule has 0 aromatic carbocycles. The number of fused-ring (bicyclic) bond motifs is 5. The number of nitrogens with one attached hydrogen (secondary N) is 1. The lowest BCUT2D eigenvalue weighted by atomic mass is 9.35. The minimum atomic E-state index is -0.845. The van der Waals surface area contributed by atoms with Crippen LogP contribution in [-0.4, -0.2) is 58.3 Å². The quantitative estimate of drug-likeness (QED) is 0.357. The van der Waals surface area contributed by atoms with E-state index in [4.69, 9.17) is 9.47 Å². The molecule has 0 unspecified atom stereocenters. The summed E-state index contributed by atoms with van der Waals surface area (Å²) in [5.74, 6) is 1.38. The van der Waals surface area contributed by atoms with Gasteiger partial charge in [0.05, 0.1) is 23.4 Å². The lowest BCUT2D eigenvalue weighted by Gasteiger charge is -2.70. The van der Waals surface area contributed by atoms with E-state index in [9.17, 15) is 15.0 Å². The molecule has 0 bridgehead atoms. The third kappa shape index (κ3) is 4.34. The van der Waals surface area contributed by atoms with E-state index in [-0.39, 0.29) is 63.5 Å². The Morgan fingerprint density at radius 2 is 1.61 bits per heavy atom. The molecule has 6 nitrogen and oxygen atoms in total. The lowest BCUT2D eigenvalue weighted by Crippen LogP contribution is -2.66. The summed E-state index contributed by atoms with van der Waals surface area (Å²) in [6.45, 7) is 19.2. The van der Waals surface area contributed by atoms with Crippen LogP contribution in [0.15, 0.2) is 0 Å². The van der Waals surface area contributed by atoms with Gasteiger partial charge < -0.3 is 25.0 Å². The first-order valence-electron chi connectivity index (χ1n) is 17.0.